The van der Waals surface area contributed by atoms with E-state index in [9.17, 15) is 13.2 Å². The molecule has 0 heterocycles. The molecule has 0 saturated carbocycles. The van der Waals surface area contributed by atoms with Gasteiger partial charge in [0.25, 0.3) is 0 Å². The molecule has 140 valence electrons. The second-order valence-corrected chi connectivity index (χ2v) is 8.67. The van der Waals surface area contributed by atoms with Gasteiger partial charge in [-0.3, -0.25) is 4.79 Å². The van der Waals surface area contributed by atoms with Gasteiger partial charge >= 0.3 is 0 Å². The maximum Gasteiger partial charge on any atom is 0.247 e. The second-order valence-electron chi connectivity index (χ2n) is 5.34. The Morgan fingerprint density at radius 3 is 2.65 bits per heavy atom. The number of ether oxygens (including phenoxy) is 1. The number of rotatable bonds is 7. The lowest BCUT2D eigenvalue weighted by Gasteiger charge is -2.18. The van der Waals surface area contributed by atoms with Gasteiger partial charge in [0.1, 0.15) is 10.6 Å². The summed E-state index contributed by atoms with van der Waals surface area (Å²) in [5.74, 6) is -0.287. The minimum atomic E-state index is -3.95. The summed E-state index contributed by atoms with van der Waals surface area (Å²) in [4.78, 5) is 13.1. The maximum absolute atomic E-state index is 12.8. The maximum atomic E-state index is 12.8. The van der Waals surface area contributed by atoms with Gasteiger partial charge in [0, 0.05) is 22.7 Å². The fraction of sp³-hybridized carbons (Fsp3) is 0.235. The van der Waals surface area contributed by atoms with Gasteiger partial charge in [-0.05, 0) is 42.7 Å². The van der Waals surface area contributed by atoms with Crippen LogP contribution in [0.3, 0.4) is 0 Å². The van der Waals surface area contributed by atoms with Gasteiger partial charge in [0.05, 0.1) is 13.7 Å². The molecule has 0 saturated heterocycles. The van der Waals surface area contributed by atoms with Gasteiger partial charge in [-0.15, -0.1) is 11.8 Å². The molecule has 26 heavy (non-hydrogen) atoms. The number of anilines is 1. The van der Waals surface area contributed by atoms with Crippen LogP contribution in [0.4, 0.5) is 5.69 Å². The van der Waals surface area contributed by atoms with Crippen molar-refractivity contribution in [1.29, 1.82) is 0 Å². The summed E-state index contributed by atoms with van der Waals surface area (Å²) in [5, 5.41) is 2.96. The number of thioether (sulfide) groups is 1. The van der Waals surface area contributed by atoms with Gasteiger partial charge in [-0.1, -0.05) is 17.7 Å². The quantitative estimate of drug-likeness (QED) is 0.703. The Bertz CT molecular complexity index is 903. The van der Waals surface area contributed by atoms with E-state index < -0.39 is 15.9 Å². The Balaban J connectivity index is 2.16. The number of nitrogens with one attached hydrogen (secondary N) is 1. The van der Waals surface area contributed by atoms with Crippen molar-refractivity contribution in [2.45, 2.75) is 9.79 Å². The first kappa shape index (κ1) is 20.6. The van der Waals surface area contributed by atoms with Crippen molar-refractivity contribution in [3.63, 3.8) is 0 Å². The van der Waals surface area contributed by atoms with E-state index in [1.54, 1.807) is 17.8 Å². The van der Waals surface area contributed by atoms with Crippen LogP contribution in [0.2, 0.25) is 5.02 Å². The number of amides is 1. The first-order chi connectivity index (χ1) is 12.3. The van der Waals surface area contributed by atoms with Crippen LogP contribution in [-0.2, 0) is 14.8 Å². The molecule has 0 fully saturated rings. The van der Waals surface area contributed by atoms with Gasteiger partial charge in [-0.25, -0.2) is 8.42 Å². The number of carbonyl (C=O) groups is 1. The van der Waals surface area contributed by atoms with E-state index >= 15 is 0 Å². The van der Waals surface area contributed by atoms with Crippen molar-refractivity contribution in [1.82, 2.24) is 4.31 Å². The average molecular weight is 415 g/mol. The monoisotopic (exact) mass is 414 g/mol. The van der Waals surface area contributed by atoms with Crippen molar-refractivity contribution in [2.75, 3.05) is 32.3 Å². The first-order valence-corrected chi connectivity index (χ1v) is 10.6. The zero-order chi connectivity index (χ0) is 19.3. The molecule has 9 heteroatoms. The molecule has 0 bridgehead atoms. The number of nitrogens with zero attached hydrogens (tertiary/aromatic N) is 1. The fourth-order valence-corrected chi connectivity index (χ4v) is 4.21. The van der Waals surface area contributed by atoms with E-state index in [1.165, 1.54) is 32.4 Å². The van der Waals surface area contributed by atoms with E-state index in [0.717, 1.165) is 9.20 Å². The summed E-state index contributed by atoms with van der Waals surface area (Å²) < 4.78 is 31.6. The van der Waals surface area contributed by atoms with Crippen molar-refractivity contribution in [2.24, 2.45) is 0 Å². The Morgan fingerprint density at radius 2 is 2.00 bits per heavy atom. The lowest BCUT2D eigenvalue weighted by atomic mass is 10.3. The summed E-state index contributed by atoms with van der Waals surface area (Å²) in [6, 6.07) is 11.6. The zero-order valence-corrected chi connectivity index (χ0v) is 16.9. The number of sulfonamides is 1. The minimum absolute atomic E-state index is 0.0906. The Kier molecular flexibility index (Phi) is 6.94. The predicted octanol–water partition coefficient (Wildman–Crippen LogP) is 3.33. The van der Waals surface area contributed by atoms with Gasteiger partial charge < -0.3 is 10.1 Å². The molecule has 1 amide bonds. The van der Waals surface area contributed by atoms with Crippen LogP contribution in [-0.4, -0.2) is 45.6 Å². The highest BCUT2D eigenvalue weighted by Gasteiger charge is 2.26. The highest BCUT2D eigenvalue weighted by Crippen LogP contribution is 2.29. The van der Waals surface area contributed by atoms with Gasteiger partial charge in [0.2, 0.25) is 15.9 Å². The molecule has 0 aliphatic carbocycles. The lowest BCUT2D eigenvalue weighted by molar-refractivity contribution is -0.116. The summed E-state index contributed by atoms with van der Waals surface area (Å²) in [5.41, 5.74) is 0.605. The zero-order valence-electron chi connectivity index (χ0n) is 14.5. The van der Waals surface area contributed by atoms with Crippen molar-refractivity contribution in [3.05, 3.63) is 47.5 Å². The third-order valence-corrected chi connectivity index (χ3v) is 6.32. The smallest absolute Gasteiger partial charge is 0.247 e. The number of carbonyl (C=O) groups excluding carboxylic acids is 1. The standard InChI is InChI=1S/C17H19ClN2O4S2/c1-20(11-17(21)19-13-5-4-6-14(10-13)25-3)26(22,23)16-9-12(18)7-8-15(16)24-2/h4-10H,11H2,1-3H3,(H,19,21). The molecule has 0 aliphatic heterocycles. The Hall–Kier alpha value is -1.74. The number of benzene rings is 2. The third kappa shape index (κ3) is 4.91. The van der Waals surface area contributed by atoms with E-state index in [-0.39, 0.29) is 22.2 Å². The topological polar surface area (TPSA) is 75.7 Å². The van der Waals surface area contributed by atoms with Gasteiger partial charge in [0.15, 0.2) is 0 Å². The molecule has 0 atom stereocenters. The highest BCUT2D eigenvalue weighted by atomic mass is 35.5. The SMILES string of the molecule is COc1ccc(Cl)cc1S(=O)(=O)N(C)CC(=O)Nc1cccc(SC)c1. The van der Waals surface area contributed by atoms with Crippen molar-refractivity contribution >= 4 is 45.0 Å². The summed E-state index contributed by atoms with van der Waals surface area (Å²) in [7, 11) is -1.25. The van der Waals surface area contributed by atoms with Crippen LogP contribution in [0.1, 0.15) is 0 Å². The van der Waals surface area contributed by atoms with E-state index in [1.807, 2.05) is 24.5 Å². The van der Waals surface area contributed by atoms with Crippen LogP contribution in [0.5, 0.6) is 5.75 Å². The van der Waals surface area contributed by atoms with E-state index in [2.05, 4.69) is 5.32 Å². The van der Waals surface area contributed by atoms with Crippen LogP contribution in [0, 0.1) is 0 Å². The number of hydrogen-bond donors (Lipinski definition) is 1. The van der Waals surface area contributed by atoms with Gasteiger partial charge in [-0.2, -0.15) is 4.31 Å². The highest BCUT2D eigenvalue weighted by molar-refractivity contribution is 7.98. The van der Waals surface area contributed by atoms with E-state index in [0.29, 0.717) is 5.69 Å². The Morgan fingerprint density at radius 1 is 1.27 bits per heavy atom. The molecule has 6 nitrogen and oxygen atoms in total. The molecular formula is C17H19ClN2O4S2. The molecule has 0 spiro atoms. The largest absolute Gasteiger partial charge is 0.495 e. The third-order valence-electron chi connectivity index (χ3n) is 3.53. The van der Waals surface area contributed by atoms with Crippen molar-refractivity contribution < 1.29 is 17.9 Å². The summed E-state index contributed by atoms with van der Waals surface area (Å²) >= 11 is 7.45. The van der Waals surface area contributed by atoms with Crippen LogP contribution in [0.25, 0.3) is 0 Å². The molecule has 2 aromatic rings. The molecule has 0 aliphatic rings. The first-order valence-electron chi connectivity index (χ1n) is 7.51. The molecule has 0 radical (unpaired) electrons. The molecule has 2 aromatic carbocycles. The second kappa shape index (κ2) is 8.77. The molecular weight excluding hydrogens is 396 g/mol. The summed E-state index contributed by atoms with van der Waals surface area (Å²) in [6.45, 7) is -0.346. The molecule has 1 N–H and O–H groups in total. The van der Waals surface area contributed by atoms with Crippen LogP contribution in [0.15, 0.2) is 52.3 Å². The number of hydrogen-bond acceptors (Lipinski definition) is 5. The Labute approximate surface area is 162 Å². The number of likely N-dealkylation sites (N-methyl/N-ethyl adjacent to an activating group) is 1. The predicted molar refractivity (Wildman–Crippen MR) is 105 cm³/mol. The minimum Gasteiger partial charge on any atom is -0.495 e. The summed E-state index contributed by atoms with van der Waals surface area (Å²) in [6.07, 6.45) is 1.93. The molecule has 0 unspecified atom stereocenters. The van der Waals surface area contributed by atoms with Crippen molar-refractivity contribution in [3.8, 4) is 5.75 Å². The van der Waals surface area contributed by atoms with Crippen LogP contribution < -0.4 is 10.1 Å². The number of methoxy groups -OCH3 is 1. The lowest BCUT2D eigenvalue weighted by Crippen LogP contribution is -2.35. The molecule has 0 aromatic heterocycles. The fourth-order valence-electron chi connectivity index (χ4n) is 2.21. The number of halogens is 1. The van der Waals surface area contributed by atoms with Crippen LogP contribution >= 0.6 is 23.4 Å². The molecule has 2 rings (SSSR count). The average Bonchev–Trinajstić information content (AvgIpc) is 2.61. The van der Waals surface area contributed by atoms with E-state index in [4.69, 9.17) is 16.3 Å². The normalized spacial score (nSPS) is 11.4.